The van der Waals surface area contributed by atoms with Crippen LogP contribution in [0.5, 0.6) is 5.75 Å². The molecule has 0 spiro atoms. The zero-order valence-electron chi connectivity index (χ0n) is 11.5. The summed E-state index contributed by atoms with van der Waals surface area (Å²) in [6.07, 6.45) is 2.08. The van der Waals surface area contributed by atoms with Gasteiger partial charge in [-0.15, -0.1) is 0 Å². The van der Waals surface area contributed by atoms with Crippen LogP contribution in [0.1, 0.15) is 26.7 Å². The standard InChI is InChI=1S/C15H23NO2/c1-15(2)10-12(11-17)7-8-16(15)13-5-4-6-14(9-13)18-3/h4-6,9,12,17H,7-8,10-11H2,1-3H3. The van der Waals surface area contributed by atoms with E-state index in [0.29, 0.717) is 12.5 Å². The van der Waals surface area contributed by atoms with Crippen LogP contribution in [0.4, 0.5) is 5.69 Å². The lowest BCUT2D eigenvalue weighted by atomic mass is 9.82. The van der Waals surface area contributed by atoms with Crippen molar-refractivity contribution in [2.24, 2.45) is 5.92 Å². The van der Waals surface area contributed by atoms with E-state index in [2.05, 4.69) is 30.9 Å². The third-order valence-corrected chi connectivity index (χ3v) is 3.90. The van der Waals surface area contributed by atoms with Crippen LogP contribution in [-0.2, 0) is 0 Å². The van der Waals surface area contributed by atoms with E-state index in [-0.39, 0.29) is 5.54 Å². The summed E-state index contributed by atoms with van der Waals surface area (Å²) in [6.45, 7) is 5.78. The molecule has 1 aliphatic heterocycles. The molecule has 1 heterocycles. The summed E-state index contributed by atoms with van der Waals surface area (Å²) >= 11 is 0. The molecule has 0 amide bonds. The van der Waals surface area contributed by atoms with Crippen LogP contribution in [0.15, 0.2) is 24.3 Å². The average Bonchev–Trinajstić information content (AvgIpc) is 2.37. The first-order chi connectivity index (χ1) is 8.56. The van der Waals surface area contributed by atoms with E-state index >= 15 is 0 Å². The fourth-order valence-electron chi connectivity index (χ4n) is 2.95. The van der Waals surface area contributed by atoms with Gasteiger partial charge in [0.25, 0.3) is 0 Å². The zero-order chi connectivity index (χ0) is 13.2. The van der Waals surface area contributed by atoms with Crippen LogP contribution < -0.4 is 9.64 Å². The van der Waals surface area contributed by atoms with Crippen LogP contribution in [0, 0.1) is 5.92 Å². The van der Waals surface area contributed by atoms with Gasteiger partial charge in [0, 0.05) is 30.4 Å². The van der Waals surface area contributed by atoms with E-state index in [9.17, 15) is 5.11 Å². The summed E-state index contributed by atoms with van der Waals surface area (Å²) < 4.78 is 5.29. The molecule has 0 radical (unpaired) electrons. The highest BCUT2D eigenvalue weighted by molar-refractivity contribution is 5.53. The lowest BCUT2D eigenvalue weighted by Crippen LogP contribution is -2.50. The summed E-state index contributed by atoms with van der Waals surface area (Å²) in [5, 5.41) is 9.32. The van der Waals surface area contributed by atoms with E-state index in [4.69, 9.17) is 4.74 Å². The third-order valence-electron chi connectivity index (χ3n) is 3.90. The van der Waals surface area contributed by atoms with Crippen molar-refractivity contribution >= 4 is 5.69 Å². The Bertz CT molecular complexity index is 403. The molecule has 0 saturated carbocycles. The topological polar surface area (TPSA) is 32.7 Å². The molecular formula is C15H23NO2. The number of ether oxygens (including phenoxy) is 1. The van der Waals surface area contributed by atoms with E-state index in [1.165, 1.54) is 5.69 Å². The van der Waals surface area contributed by atoms with Crippen molar-refractivity contribution < 1.29 is 9.84 Å². The molecule has 18 heavy (non-hydrogen) atoms. The fourth-order valence-corrected chi connectivity index (χ4v) is 2.95. The highest BCUT2D eigenvalue weighted by Gasteiger charge is 2.34. The average molecular weight is 249 g/mol. The predicted molar refractivity (Wildman–Crippen MR) is 74.2 cm³/mol. The monoisotopic (exact) mass is 249 g/mol. The normalized spacial score (nSPS) is 22.9. The molecule has 3 nitrogen and oxygen atoms in total. The van der Waals surface area contributed by atoms with E-state index < -0.39 is 0 Å². The van der Waals surface area contributed by atoms with Crippen molar-refractivity contribution in [2.75, 3.05) is 25.2 Å². The van der Waals surface area contributed by atoms with Gasteiger partial charge in [0.05, 0.1) is 7.11 Å². The van der Waals surface area contributed by atoms with Gasteiger partial charge in [-0.3, -0.25) is 0 Å². The van der Waals surface area contributed by atoms with E-state index in [1.807, 2.05) is 12.1 Å². The summed E-state index contributed by atoms with van der Waals surface area (Å²) in [7, 11) is 1.70. The molecule has 0 aromatic heterocycles. The first kappa shape index (κ1) is 13.2. The van der Waals surface area contributed by atoms with Gasteiger partial charge in [0.2, 0.25) is 0 Å². The molecule has 1 aromatic carbocycles. The molecule has 0 bridgehead atoms. The molecule has 1 aliphatic rings. The summed E-state index contributed by atoms with van der Waals surface area (Å²) in [5.41, 5.74) is 1.29. The minimum Gasteiger partial charge on any atom is -0.497 e. The smallest absolute Gasteiger partial charge is 0.120 e. The quantitative estimate of drug-likeness (QED) is 0.894. The van der Waals surface area contributed by atoms with Crippen molar-refractivity contribution in [1.82, 2.24) is 0 Å². The number of methoxy groups -OCH3 is 1. The van der Waals surface area contributed by atoms with Gasteiger partial charge in [0.1, 0.15) is 5.75 Å². The minimum absolute atomic E-state index is 0.0814. The first-order valence-corrected chi connectivity index (χ1v) is 6.59. The van der Waals surface area contributed by atoms with Crippen molar-refractivity contribution in [2.45, 2.75) is 32.2 Å². The molecule has 2 rings (SSSR count). The summed E-state index contributed by atoms with van der Waals surface area (Å²) in [5.74, 6) is 1.33. The van der Waals surface area contributed by atoms with Crippen LogP contribution in [0.25, 0.3) is 0 Å². The Balaban J connectivity index is 2.22. The Kier molecular flexibility index (Phi) is 3.81. The number of hydrogen-bond donors (Lipinski definition) is 1. The maximum atomic E-state index is 9.32. The van der Waals surface area contributed by atoms with Gasteiger partial charge in [-0.05, 0) is 44.7 Å². The number of anilines is 1. The highest BCUT2D eigenvalue weighted by atomic mass is 16.5. The second-order valence-corrected chi connectivity index (χ2v) is 5.71. The lowest BCUT2D eigenvalue weighted by molar-refractivity contribution is 0.166. The van der Waals surface area contributed by atoms with E-state index in [0.717, 1.165) is 25.1 Å². The third kappa shape index (κ3) is 2.61. The second-order valence-electron chi connectivity index (χ2n) is 5.71. The lowest BCUT2D eigenvalue weighted by Gasteiger charge is -2.47. The maximum absolute atomic E-state index is 9.32. The Morgan fingerprint density at radius 2 is 2.22 bits per heavy atom. The molecule has 1 N–H and O–H groups in total. The number of piperidine rings is 1. The van der Waals surface area contributed by atoms with Gasteiger partial charge in [-0.2, -0.15) is 0 Å². The molecule has 1 unspecified atom stereocenters. The Morgan fingerprint density at radius 1 is 1.44 bits per heavy atom. The second kappa shape index (κ2) is 5.19. The Morgan fingerprint density at radius 3 is 2.83 bits per heavy atom. The Labute approximate surface area is 109 Å². The molecular weight excluding hydrogens is 226 g/mol. The number of rotatable bonds is 3. The number of benzene rings is 1. The first-order valence-electron chi connectivity index (χ1n) is 6.59. The van der Waals surface area contributed by atoms with Gasteiger partial charge >= 0.3 is 0 Å². The molecule has 3 heteroatoms. The van der Waals surface area contributed by atoms with Crippen molar-refractivity contribution in [3.8, 4) is 5.75 Å². The molecule has 1 fully saturated rings. The van der Waals surface area contributed by atoms with Gasteiger partial charge in [0.15, 0.2) is 0 Å². The summed E-state index contributed by atoms with van der Waals surface area (Å²) in [4.78, 5) is 2.42. The SMILES string of the molecule is COc1cccc(N2CCC(CO)CC2(C)C)c1. The van der Waals surface area contributed by atoms with Crippen molar-refractivity contribution in [3.63, 3.8) is 0 Å². The zero-order valence-corrected chi connectivity index (χ0v) is 11.5. The number of aliphatic hydroxyl groups is 1. The van der Waals surface area contributed by atoms with Gasteiger partial charge in [-0.1, -0.05) is 6.07 Å². The fraction of sp³-hybridized carbons (Fsp3) is 0.600. The molecule has 1 saturated heterocycles. The van der Waals surface area contributed by atoms with Gasteiger partial charge < -0.3 is 14.7 Å². The molecule has 100 valence electrons. The minimum atomic E-state index is 0.0814. The van der Waals surface area contributed by atoms with Crippen LogP contribution in [-0.4, -0.2) is 30.9 Å². The largest absolute Gasteiger partial charge is 0.497 e. The van der Waals surface area contributed by atoms with Crippen molar-refractivity contribution in [3.05, 3.63) is 24.3 Å². The van der Waals surface area contributed by atoms with Crippen LogP contribution in [0.2, 0.25) is 0 Å². The van der Waals surface area contributed by atoms with Gasteiger partial charge in [-0.25, -0.2) is 0 Å². The molecule has 1 aromatic rings. The van der Waals surface area contributed by atoms with Crippen LogP contribution in [0.3, 0.4) is 0 Å². The molecule has 1 atom stereocenters. The number of aliphatic hydroxyl groups excluding tert-OH is 1. The van der Waals surface area contributed by atoms with E-state index in [1.54, 1.807) is 7.11 Å². The van der Waals surface area contributed by atoms with Crippen molar-refractivity contribution in [1.29, 1.82) is 0 Å². The number of hydrogen-bond acceptors (Lipinski definition) is 3. The predicted octanol–water partition coefficient (Wildman–Crippen LogP) is 2.68. The molecule has 0 aliphatic carbocycles. The Hall–Kier alpha value is -1.22. The highest BCUT2D eigenvalue weighted by Crippen LogP contribution is 2.36. The maximum Gasteiger partial charge on any atom is 0.120 e. The van der Waals surface area contributed by atoms with Crippen LogP contribution >= 0.6 is 0 Å². The summed E-state index contributed by atoms with van der Waals surface area (Å²) in [6, 6.07) is 8.21. The number of nitrogens with zero attached hydrogens (tertiary/aromatic N) is 1.